The molecule has 4 rings (SSSR count). The summed E-state index contributed by atoms with van der Waals surface area (Å²) in [5, 5.41) is 10.2. The lowest BCUT2D eigenvalue weighted by molar-refractivity contribution is 0.554. The van der Waals surface area contributed by atoms with Crippen molar-refractivity contribution in [1.82, 2.24) is 19.5 Å². The predicted octanol–water partition coefficient (Wildman–Crippen LogP) is 6.79. The van der Waals surface area contributed by atoms with Crippen molar-refractivity contribution in [2.75, 3.05) is 0 Å². The number of nitrogens with zero attached hydrogens (tertiary/aromatic N) is 3. The molecule has 4 aromatic rings. The molecule has 9 heteroatoms. The molecule has 3 aromatic carbocycles. The predicted molar refractivity (Wildman–Crippen MR) is 151 cm³/mol. The van der Waals surface area contributed by atoms with Crippen LogP contribution in [-0.2, 0) is 15.8 Å². The van der Waals surface area contributed by atoms with E-state index >= 15 is 0 Å². The van der Waals surface area contributed by atoms with Gasteiger partial charge in [-0.25, -0.2) is 13.1 Å². The Balaban J connectivity index is 1.74. The highest BCUT2D eigenvalue weighted by Crippen LogP contribution is 2.31. The first-order chi connectivity index (χ1) is 17.5. The third-order valence-corrected chi connectivity index (χ3v) is 9.19. The molecule has 0 amide bonds. The Bertz CT molecular complexity index is 1540. The van der Waals surface area contributed by atoms with Crippen molar-refractivity contribution >= 4 is 33.4 Å². The highest BCUT2D eigenvalue weighted by atomic mass is 35.5. The van der Waals surface area contributed by atoms with Gasteiger partial charge in [0.25, 0.3) is 0 Å². The summed E-state index contributed by atoms with van der Waals surface area (Å²) in [7, 11) is -3.82. The van der Waals surface area contributed by atoms with Crippen LogP contribution in [0.1, 0.15) is 52.2 Å². The van der Waals surface area contributed by atoms with Gasteiger partial charge in [0.05, 0.1) is 16.6 Å². The van der Waals surface area contributed by atoms with Crippen molar-refractivity contribution in [1.29, 1.82) is 0 Å². The molecule has 1 N–H and O–H groups in total. The van der Waals surface area contributed by atoms with Gasteiger partial charge in [0, 0.05) is 10.8 Å². The number of rotatable bonds is 8. The maximum Gasteiger partial charge on any atom is 0.241 e. The number of hydrogen-bond acceptors (Lipinski definition) is 5. The molecule has 0 radical (unpaired) electrons. The molecule has 0 spiro atoms. The molecule has 194 valence electrons. The maximum absolute atomic E-state index is 13.5. The van der Waals surface area contributed by atoms with Crippen LogP contribution in [0.25, 0.3) is 5.69 Å². The van der Waals surface area contributed by atoms with Crippen molar-refractivity contribution < 1.29 is 8.42 Å². The monoisotopic (exact) mass is 554 g/mol. The molecule has 1 heterocycles. The Kier molecular flexibility index (Phi) is 8.14. The second-order valence-corrected chi connectivity index (χ2v) is 12.5. The highest BCUT2D eigenvalue weighted by molar-refractivity contribution is 7.98. The van der Waals surface area contributed by atoms with E-state index in [2.05, 4.69) is 40.0 Å². The minimum Gasteiger partial charge on any atom is -0.272 e. The van der Waals surface area contributed by atoms with Crippen LogP contribution in [-0.4, -0.2) is 23.2 Å². The molecule has 1 atom stereocenters. The molecule has 0 aliphatic heterocycles. The van der Waals surface area contributed by atoms with Crippen molar-refractivity contribution in [2.45, 2.75) is 63.4 Å². The van der Waals surface area contributed by atoms with Crippen molar-refractivity contribution in [3.05, 3.63) is 98.8 Å². The zero-order chi connectivity index (χ0) is 26.9. The average Bonchev–Trinajstić information content (AvgIpc) is 3.22. The number of aryl methyl sites for hydroxylation is 5. The van der Waals surface area contributed by atoms with E-state index < -0.39 is 16.1 Å². The third-order valence-electron chi connectivity index (χ3n) is 6.11. The van der Waals surface area contributed by atoms with Gasteiger partial charge in [-0.15, -0.1) is 10.2 Å². The van der Waals surface area contributed by atoms with E-state index in [1.807, 2.05) is 68.7 Å². The van der Waals surface area contributed by atoms with Gasteiger partial charge in [-0.3, -0.25) is 4.57 Å². The number of thioether (sulfide) groups is 1. The van der Waals surface area contributed by atoms with Crippen LogP contribution in [0.3, 0.4) is 0 Å². The lowest BCUT2D eigenvalue weighted by Crippen LogP contribution is -2.30. The molecule has 6 nitrogen and oxygen atoms in total. The summed E-state index contributed by atoms with van der Waals surface area (Å²) in [6.45, 7) is 11.4. The molecule has 1 aromatic heterocycles. The number of aromatic nitrogens is 3. The molecular formula is C28H31ClN4O2S2. The molecule has 0 bridgehead atoms. The normalized spacial score (nSPS) is 12.6. The highest BCUT2D eigenvalue weighted by Gasteiger charge is 2.27. The molecule has 0 aliphatic rings. The van der Waals surface area contributed by atoms with E-state index in [0.717, 1.165) is 16.8 Å². The van der Waals surface area contributed by atoms with Crippen molar-refractivity contribution in [3.63, 3.8) is 0 Å². The summed E-state index contributed by atoms with van der Waals surface area (Å²) in [5.74, 6) is 1.18. The Morgan fingerprint density at radius 3 is 2.30 bits per heavy atom. The Hall–Kier alpha value is -2.65. The average molecular weight is 555 g/mol. The molecule has 0 aliphatic carbocycles. The first kappa shape index (κ1) is 27.4. The van der Waals surface area contributed by atoms with Gasteiger partial charge in [-0.2, -0.15) is 0 Å². The van der Waals surface area contributed by atoms with Crippen LogP contribution in [0, 0.1) is 34.6 Å². The maximum atomic E-state index is 13.5. The molecule has 0 saturated carbocycles. The first-order valence-electron chi connectivity index (χ1n) is 12.0. The molecule has 0 fully saturated rings. The van der Waals surface area contributed by atoms with Crippen molar-refractivity contribution in [3.8, 4) is 5.69 Å². The van der Waals surface area contributed by atoms with E-state index in [-0.39, 0.29) is 0 Å². The van der Waals surface area contributed by atoms with Crippen molar-refractivity contribution in [2.24, 2.45) is 0 Å². The SMILES string of the molecule is Cc1cccc(CSc2nnc(C(C)NS(=O)(=O)c3c(C)cc(C)cc3C)n2-c2cc(Cl)ccc2C)c1. The smallest absolute Gasteiger partial charge is 0.241 e. The summed E-state index contributed by atoms with van der Waals surface area (Å²) in [6.07, 6.45) is 0. The fourth-order valence-corrected chi connectivity index (χ4v) is 7.31. The molecule has 37 heavy (non-hydrogen) atoms. The number of benzene rings is 3. The topological polar surface area (TPSA) is 76.9 Å². The second-order valence-electron chi connectivity index (χ2n) is 9.46. The van der Waals surface area contributed by atoms with Gasteiger partial charge < -0.3 is 0 Å². The standard InChI is InChI=1S/C28H31ClN4O2S2/c1-17-8-7-9-23(14-17)16-36-28-31-30-27(33(28)25-15-24(29)11-10-19(25)3)22(6)32-37(34,35)26-20(4)12-18(2)13-21(26)5/h7-15,22,32H,16H2,1-6H3. The van der Waals surface area contributed by atoms with E-state index in [9.17, 15) is 8.42 Å². The lowest BCUT2D eigenvalue weighted by atomic mass is 10.1. The number of halogens is 1. The number of hydrogen-bond donors (Lipinski definition) is 1. The summed E-state index contributed by atoms with van der Waals surface area (Å²) in [5.41, 5.74) is 6.58. The summed E-state index contributed by atoms with van der Waals surface area (Å²) >= 11 is 7.92. The van der Waals surface area contributed by atoms with Gasteiger partial charge in [-0.05, 0) is 75.9 Å². The zero-order valence-corrected chi connectivity index (χ0v) is 24.2. The van der Waals surface area contributed by atoms with E-state index in [4.69, 9.17) is 11.6 Å². The lowest BCUT2D eigenvalue weighted by Gasteiger charge is -2.19. The molecule has 0 saturated heterocycles. The van der Waals surface area contributed by atoms with Crippen LogP contribution in [0.5, 0.6) is 0 Å². The van der Waals surface area contributed by atoms with Crippen LogP contribution in [0.4, 0.5) is 0 Å². The van der Waals surface area contributed by atoms with E-state index in [1.165, 1.54) is 11.1 Å². The quantitative estimate of drug-likeness (QED) is 0.242. The van der Waals surface area contributed by atoms with Gasteiger partial charge in [0.1, 0.15) is 0 Å². The third kappa shape index (κ3) is 6.09. The fourth-order valence-electron chi connectivity index (χ4n) is 4.59. The Morgan fingerprint density at radius 1 is 0.919 bits per heavy atom. The van der Waals surface area contributed by atoms with Gasteiger partial charge in [0.15, 0.2) is 11.0 Å². The summed E-state index contributed by atoms with van der Waals surface area (Å²) in [6, 6.07) is 17.1. The van der Waals surface area contributed by atoms with E-state index in [0.29, 0.717) is 37.8 Å². The second kappa shape index (κ2) is 11.0. The van der Waals surface area contributed by atoms with Crippen LogP contribution < -0.4 is 4.72 Å². The minimum absolute atomic E-state index is 0.295. The summed E-state index contributed by atoms with van der Waals surface area (Å²) in [4.78, 5) is 0.295. The minimum atomic E-state index is -3.82. The first-order valence-corrected chi connectivity index (χ1v) is 14.8. The van der Waals surface area contributed by atoms with Gasteiger partial charge >= 0.3 is 0 Å². The summed E-state index contributed by atoms with van der Waals surface area (Å²) < 4.78 is 31.7. The van der Waals surface area contributed by atoms with Crippen LogP contribution in [0.15, 0.2) is 64.6 Å². The van der Waals surface area contributed by atoms with Gasteiger partial charge in [-0.1, -0.05) is 77.0 Å². The Morgan fingerprint density at radius 2 is 1.62 bits per heavy atom. The van der Waals surface area contributed by atoms with Gasteiger partial charge in [0.2, 0.25) is 10.0 Å². The number of sulfonamides is 1. The fraction of sp³-hybridized carbons (Fsp3) is 0.286. The largest absolute Gasteiger partial charge is 0.272 e. The number of nitrogens with one attached hydrogen (secondary N) is 1. The zero-order valence-electron chi connectivity index (χ0n) is 21.8. The Labute approximate surface area is 228 Å². The molecule has 1 unspecified atom stereocenters. The van der Waals surface area contributed by atoms with E-state index in [1.54, 1.807) is 18.7 Å². The van der Waals surface area contributed by atoms with Crippen LogP contribution in [0.2, 0.25) is 5.02 Å². The van der Waals surface area contributed by atoms with Crippen LogP contribution >= 0.6 is 23.4 Å². The molecular weight excluding hydrogens is 524 g/mol.